The second-order valence-corrected chi connectivity index (χ2v) is 12.0. The van der Waals surface area contributed by atoms with Crippen molar-refractivity contribution in [2.24, 2.45) is 16.7 Å². The monoisotopic (exact) mass is 564 g/mol. The van der Waals surface area contributed by atoms with Gasteiger partial charge < -0.3 is 20.8 Å². The molecule has 0 saturated heterocycles. The van der Waals surface area contributed by atoms with E-state index >= 15 is 0 Å². The van der Waals surface area contributed by atoms with Crippen molar-refractivity contribution in [2.45, 2.75) is 58.5 Å². The van der Waals surface area contributed by atoms with Crippen LogP contribution in [0.1, 0.15) is 66.9 Å². The lowest BCUT2D eigenvalue weighted by Gasteiger charge is -2.58. The van der Waals surface area contributed by atoms with Crippen LogP contribution in [-0.2, 0) is 16.0 Å². The number of thiazole rings is 1. The molecule has 9 nitrogen and oxygen atoms in total. The van der Waals surface area contributed by atoms with Gasteiger partial charge in [-0.1, -0.05) is 19.9 Å². The van der Waals surface area contributed by atoms with Crippen LogP contribution in [0.15, 0.2) is 18.2 Å². The first-order valence-electron chi connectivity index (χ1n) is 13.0. The van der Waals surface area contributed by atoms with Crippen molar-refractivity contribution < 1.29 is 33.4 Å². The number of rotatable bonds is 8. The smallest absolute Gasteiger partial charge is 0.263 e. The maximum atomic E-state index is 14.2. The fourth-order valence-electron chi connectivity index (χ4n) is 6.27. The number of nitrogens with zero attached hydrogens (tertiary/aromatic N) is 1. The Hall–Kier alpha value is -2.96. The van der Waals surface area contributed by atoms with Gasteiger partial charge in [0.2, 0.25) is 11.8 Å². The van der Waals surface area contributed by atoms with Gasteiger partial charge in [0.25, 0.3) is 5.91 Å². The van der Waals surface area contributed by atoms with Gasteiger partial charge in [-0.2, -0.15) is 0 Å². The lowest BCUT2D eigenvalue weighted by molar-refractivity contribution is -0.144. The predicted octanol–water partition coefficient (Wildman–Crippen LogP) is 2.73. The molecule has 1 aromatic carbocycles. The summed E-state index contributed by atoms with van der Waals surface area (Å²) < 4.78 is 28.4. The number of hydrogen-bond acceptors (Lipinski definition) is 7. The Bertz CT molecular complexity index is 1250. The normalized spacial score (nSPS) is 27.7. The Kier molecular flexibility index (Phi) is 8.38. The van der Waals surface area contributed by atoms with Gasteiger partial charge in [0.1, 0.15) is 17.2 Å². The third-order valence-electron chi connectivity index (χ3n) is 8.51. The van der Waals surface area contributed by atoms with Crippen molar-refractivity contribution in [1.82, 2.24) is 15.6 Å². The lowest BCUT2D eigenvalue weighted by Crippen LogP contribution is -2.57. The minimum absolute atomic E-state index is 0.0662. The lowest BCUT2D eigenvalue weighted by atomic mass is 9.47. The van der Waals surface area contributed by atoms with Gasteiger partial charge in [-0.3, -0.25) is 19.7 Å². The number of benzene rings is 1. The number of aliphatic hydroxyl groups is 2. The van der Waals surface area contributed by atoms with E-state index in [1.807, 2.05) is 13.8 Å². The summed E-state index contributed by atoms with van der Waals surface area (Å²) in [5, 5.41) is 29.3. The van der Waals surface area contributed by atoms with Gasteiger partial charge in [0.05, 0.1) is 18.4 Å². The van der Waals surface area contributed by atoms with Crippen molar-refractivity contribution >= 4 is 34.2 Å². The summed E-state index contributed by atoms with van der Waals surface area (Å²) in [6.07, 6.45) is 0.835. The first-order valence-corrected chi connectivity index (χ1v) is 13.8. The Morgan fingerprint density at radius 2 is 1.82 bits per heavy atom. The van der Waals surface area contributed by atoms with E-state index in [0.717, 1.165) is 28.3 Å². The number of fused-ring (bicyclic) bond motifs is 2. The minimum atomic E-state index is -0.992. The average molecular weight is 565 g/mol. The van der Waals surface area contributed by atoms with Crippen molar-refractivity contribution in [3.05, 3.63) is 46.0 Å². The number of aromatic nitrogens is 1. The van der Waals surface area contributed by atoms with E-state index in [4.69, 9.17) is 0 Å². The van der Waals surface area contributed by atoms with E-state index in [1.54, 1.807) is 0 Å². The molecular formula is C27H34F2N4O5S. The molecule has 1 saturated carbocycles. The molecule has 0 spiro atoms. The van der Waals surface area contributed by atoms with Gasteiger partial charge in [-0.05, 0) is 42.7 Å². The summed E-state index contributed by atoms with van der Waals surface area (Å²) in [6.45, 7) is 5.57. The molecule has 0 unspecified atom stereocenters. The molecule has 12 heteroatoms. The molecule has 5 N–H and O–H groups in total. The molecule has 1 fully saturated rings. The van der Waals surface area contributed by atoms with Crippen molar-refractivity contribution in [3.8, 4) is 0 Å². The molecule has 2 aromatic rings. The zero-order chi connectivity index (χ0) is 28.5. The molecule has 2 aliphatic carbocycles. The van der Waals surface area contributed by atoms with Gasteiger partial charge >= 0.3 is 0 Å². The predicted molar refractivity (Wildman–Crippen MR) is 141 cm³/mol. The Morgan fingerprint density at radius 3 is 2.46 bits per heavy atom. The number of carbonyl (C=O) groups is 3. The Morgan fingerprint density at radius 1 is 1.15 bits per heavy atom. The second-order valence-electron chi connectivity index (χ2n) is 10.9. The van der Waals surface area contributed by atoms with Crippen LogP contribution in [0.25, 0.3) is 0 Å². The third-order valence-corrected chi connectivity index (χ3v) is 9.52. The number of anilines is 1. The summed E-state index contributed by atoms with van der Waals surface area (Å²) in [5.41, 5.74) is -1.42. The van der Waals surface area contributed by atoms with Crippen LogP contribution in [0.3, 0.4) is 0 Å². The maximum Gasteiger partial charge on any atom is 0.263 e. The molecular weight excluding hydrogens is 530 g/mol. The molecule has 5 atom stereocenters. The quantitative estimate of drug-likeness (QED) is 0.313. The van der Waals surface area contributed by atoms with E-state index in [-0.39, 0.29) is 49.0 Å². The van der Waals surface area contributed by atoms with Gasteiger partial charge in [-0.15, -0.1) is 11.3 Å². The fourth-order valence-corrected chi connectivity index (χ4v) is 7.34. The zero-order valence-corrected chi connectivity index (χ0v) is 23.0. The third kappa shape index (κ3) is 5.55. The average Bonchev–Trinajstić information content (AvgIpc) is 3.27. The van der Waals surface area contributed by atoms with E-state index in [0.29, 0.717) is 25.0 Å². The SMILES string of the molecule is CC(=O)NCCNC(=O)C[C@@H]1c2nc(NC(=O)c3c(F)cccc3F)sc2C[C@@H]2[C@](C)(CO)[C@H](O)CC[C@]21C. The summed E-state index contributed by atoms with van der Waals surface area (Å²) in [4.78, 5) is 42.3. The first kappa shape index (κ1) is 29.0. The molecule has 39 heavy (non-hydrogen) atoms. The van der Waals surface area contributed by atoms with Crippen molar-refractivity contribution in [3.63, 3.8) is 0 Å². The summed E-state index contributed by atoms with van der Waals surface area (Å²) in [6, 6.07) is 3.17. The van der Waals surface area contributed by atoms with E-state index in [1.165, 1.54) is 13.0 Å². The van der Waals surface area contributed by atoms with Crippen LogP contribution in [0.4, 0.5) is 13.9 Å². The molecule has 4 rings (SSSR count). The van der Waals surface area contributed by atoms with Crippen LogP contribution < -0.4 is 16.0 Å². The van der Waals surface area contributed by atoms with Crippen LogP contribution in [-0.4, -0.2) is 58.7 Å². The zero-order valence-electron chi connectivity index (χ0n) is 22.1. The van der Waals surface area contributed by atoms with Crippen molar-refractivity contribution in [1.29, 1.82) is 0 Å². The summed E-state index contributed by atoms with van der Waals surface area (Å²) >= 11 is 1.16. The highest BCUT2D eigenvalue weighted by atomic mass is 32.1. The van der Waals surface area contributed by atoms with Gasteiger partial charge in [0, 0.05) is 42.6 Å². The molecule has 2 aliphatic rings. The molecule has 212 valence electrons. The summed E-state index contributed by atoms with van der Waals surface area (Å²) in [5.74, 6) is -4.00. The molecule has 0 bridgehead atoms. The van der Waals surface area contributed by atoms with Crippen LogP contribution in [0.5, 0.6) is 0 Å². The standard InChI is InChI=1S/C27H34F2N4O5S/c1-14(35)30-9-10-31-21(37)11-15-23-18(12-19-26(15,2)8-7-20(36)27(19,3)13-34)39-25(32-23)33-24(38)22-16(28)5-4-6-17(22)29/h4-6,15,19-20,34,36H,7-13H2,1-3H3,(H,30,35)(H,31,37)(H,32,33,38)/t15-,19+,20-,26+,27+/m1/s1. The van der Waals surface area contributed by atoms with E-state index in [9.17, 15) is 33.4 Å². The highest BCUT2D eigenvalue weighted by molar-refractivity contribution is 7.15. The topological polar surface area (TPSA) is 141 Å². The Labute approximate surface area is 229 Å². The largest absolute Gasteiger partial charge is 0.396 e. The number of nitrogens with one attached hydrogen (secondary N) is 3. The first-order chi connectivity index (χ1) is 18.4. The maximum absolute atomic E-state index is 14.2. The fraction of sp³-hybridized carbons (Fsp3) is 0.556. The highest BCUT2D eigenvalue weighted by Crippen LogP contribution is 2.62. The highest BCUT2D eigenvalue weighted by Gasteiger charge is 2.59. The second kappa shape index (κ2) is 11.3. The van der Waals surface area contributed by atoms with Crippen LogP contribution in [0, 0.1) is 28.4 Å². The van der Waals surface area contributed by atoms with E-state index in [2.05, 4.69) is 20.9 Å². The molecule has 0 radical (unpaired) electrons. The number of amides is 3. The number of hydrogen-bond donors (Lipinski definition) is 5. The van der Waals surface area contributed by atoms with Crippen LogP contribution in [0.2, 0.25) is 0 Å². The number of carbonyl (C=O) groups excluding carboxylic acids is 3. The van der Waals surface area contributed by atoms with Crippen molar-refractivity contribution in [2.75, 3.05) is 25.0 Å². The number of halogens is 2. The molecule has 3 amide bonds. The minimum Gasteiger partial charge on any atom is -0.396 e. The number of aliphatic hydroxyl groups excluding tert-OH is 2. The molecule has 0 aliphatic heterocycles. The van der Waals surface area contributed by atoms with E-state index < -0.39 is 46.0 Å². The summed E-state index contributed by atoms with van der Waals surface area (Å²) in [7, 11) is 0. The molecule has 1 aromatic heterocycles. The Balaban J connectivity index is 1.66. The van der Waals surface area contributed by atoms with Crippen LogP contribution >= 0.6 is 11.3 Å². The molecule has 1 heterocycles. The van der Waals surface area contributed by atoms with Gasteiger partial charge in [-0.25, -0.2) is 13.8 Å². The van der Waals surface area contributed by atoms with Gasteiger partial charge in [0.15, 0.2) is 5.13 Å².